The molecule has 0 radical (unpaired) electrons. The number of benzene rings is 2. The number of thioether (sulfide) groups is 1. The Bertz CT molecular complexity index is 811. The number of nitrogens with zero attached hydrogens (tertiary/aromatic N) is 2. The molecule has 5 heteroatoms. The van der Waals surface area contributed by atoms with Gasteiger partial charge in [0.05, 0.1) is 6.33 Å². The molecule has 1 amide bonds. The molecule has 1 heterocycles. The van der Waals surface area contributed by atoms with Crippen molar-refractivity contribution in [1.82, 2.24) is 14.9 Å². The van der Waals surface area contributed by atoms with E-state index < -0.39 is 0 Å². The minimum atomic E-state index is -0.0200. The fourth-order valence-electron chi connectivity index (χ4n) is 2.54. The van der Waals surface area contributed by atoms with Gasteiger partial charge in [0.25, 0.3) is 5.91 Å². The fourth-order valence-corrected chi connectivity index (χ4v) is 3.39. The maximum Gasteiger partial charge on any atom is 0.251 e. The number of carbonyl (C=O) groups excluding carboxylic acids is 1. The Morgan fingerprint density at radius 3 is 2.58 bits per heavy atom. The highest BCUT2D eigenvalue weighted by atomic mass is 32.2. The molecule has 4 nitrogen and oxygen atoms in total. The summed E-state index contributed by atoms with van der Waals surface area (Å²) < 4.78 is 2.01. The second-order valence-corrected chi connectivity index (χ2v) is 7.26. The SMILES string of the molecule is Cc1ccc(SCc2ccc(C(=O)NCCCn3ccnc3)cc2)cc1. The number of aryl methyl sites for hydroxylation is 2. The molecule has 0 fully saturated rings. The van der Waals surface area contributed by atoms with E-state index in [1.165, 1.54) is 16.0 Å². The third kappa shape index (κ3) is 5.49. The Kier molecular flexibility index (Phi) is 6.50. The zero-order chi connectivity index (χ0) is 18.2. The van der Waals surface area contributed by atoms with Crippen LogP contribution in [0.5, 0.6) is 0 Å². The summed E-state index contributed by atoms with van der Waals surface area (Å²) in [6.07, 6.45) is 6.36. The summed E-state index contributed by atoms with van der Waals surface area (Å²) in [7, 11) is 0. The van der Waals surface area contributed by atoms with Crippen LogP contribution in [-0.4, -0.2) is 22.0 Å². The van der Waals surface area contributed by atoms with Gasteiger partial charge in [0.1, 0.15) is 0 Å². The van der Waals surface area contributed by atoms with E-state index in [4.69, 9.17) is 0 Å². The van der Waals surface area contributed by atoms with Gasteiger partial charge in [-0.1, -0.05) is 29.8 Å². The van der Waals surface area contributed by atoms with Crippen LogP contribution in [0, 0.1) is 6.92 Å². The lowest BCUT2D eigenvalue weighted by Crippen LogP contribution is -2.25. The summed E-state index contributed by atoms with van der Waals surface area (Å²) in [5.74, 6) is 0.879. The number of hydrogen-bond acceptors (Lipinski definition) is 3. The van der Waals surface area contributed by atoms with Crippen molar-refractivity contribution >= 4 is 17.7 Å². The van der Waals surface area contributed by atoms with Gasteiger partial charge in [0.15, 0.2) is 0 Å². The number of imidazole rings is 1. The van der Waals surface area contributed by atoms with Gasteiger partial charge in [-0.3, -0.25) is 4.79 Å². The number of rotatable bonds is 8. The molecular formula is C21H23N3OS. The number of aromatic nitrogens is 2. The molecule has 0 saturated heterocycles. The lowest BCUT2D eigenvalue weighted by atomic mass is 10.1. The first-order chi connectivity index (χ1) is 12.7. The summed E-state index contributed by atoms with van der Waals surface area (Å²) in [6.45, 7) is 3.60. The fraction of sp³-hybridized carbons (Fsp3) is 0.238. The van der Waals surface area contributed by atoms with E-state index in [2.05, 4.69) is 41.5 Å². The van der Waals surface area contributed by atoms with E-state index in [-0.39, 0.29) is 5.91 Å². The number of carbonyl (C=O) groups is 1. The Morgan fingerprint density at radius 2 is 1.88 bits per heavy atom. The summed E-state index contributed by atoms with van der Waals surface area (Å²) in [6, 6.07) is 16.4. The average molecular weight is 366 g/mol. The highest BCUT2D eigenvalue weighted by Gasteiger charge is 2.05. The minimum absolute atomic E-state index is 0.0200. The largest absolute Gasteiger partial charge is 0.352 e. The molecule has 0 bridgehead atoms. The van der Waals surface area contributed by atoms with Crippen molar-refractivity contribution in [1.29, 1.82) is 0 Å². The van der Waals surface area contributed by atoms with Crippen molar-refractivity contribution in [3.05, 3.63) is 83.9 Å². The van der Waals surface area contributed by atoms with Crippen molar-refractivity contribution in [2.45, 2.75) is 30.5 Å². The normalized spacial score (nSPS) is 10.7. The third-order valence-corrected chi connectivity index (χ3v) is 5.16. The zero-order valence-corrected chi connectivity index (χ0v) is 15.7. The van der Waals surface area contributed by atoms with Crippen molar-refractivity contribution in [2.75, 3.05) is 6.54 Å². The second kappa shape index (κ2) is 9.25. The van der Waals surface area contributed by atoms with Gasteiger partial charge in [-0.15, -0.1) is 11.8 Å². The molecular weight excluding hydrogens is 342 g/mol. The maximum absolute atomic E-state index is 12.2. The van der Waals surface area contributed by atoms with Crippen LogP contribution >= 0.6 is 11.8 Å². The van der Waals surface area contributed by atoms with E-state index >= 15 is 0 Å². The van der Waals surface area contributed by atoms with Crippen LogP contribution in [0.2, 0.25) is 0 Å². The van der Waals surface area contributed by atoms with E-state index in [0.29, 0.717) is 12.1 Å². The van der Waals surface area contributed by atoms with Crippen LogP contribution in [0.4, 0.5) is 0 Å². The van der Waals surface area contributed by atoms with Crippen molar-refractivity contribution < 1.29 is 4.79 Å². The molecule has 0 saturated carbocycles. The van der Waals surface area contributed by atoms with Crippen LogP contribution in [0.1, 0.15) is 27.9 Å². The maximum atomic E-state index is 12.2. The van der Waals surface area contributed by atoms with Crippen LogP contribution < -0.4 is 5.32 Å². The molecule has 1 aromatic heterocycles. The van der Waals surface area contributed by atoms with Crippen LogP contribution in [0.25, 0.3) is 0 Å². The molecule has 0 aliphatic carbocycles. The van der Waals surface area contributed by atoms with Gasteiger partial charge in [-0.2, -0.15) is 0 Å². The smallest absolute Gasteiger partial charge is 0.251 e. The van der Waals surface area contributed by atoms with Gasteiger partial charge in [-0.25, -0.2) is 4.98 Å². The molecule has 0 atom stereocenters. The summed E-state index contributed by atoms with van der Waals surface area (Å²) in [4.78, 5) is 17.5. The van der Waals surface area contributed by atoms with Crippen molar-refractivity contribution in [3.8, 4) is 0 Å². The first kappa shape index (κ1) is 18.3. The summed E-state index contributed by atoms with van der Waals surface area (Å²) >= 11 is 1.80. The lowest BCUT2D eigenvalue weighted by Gasteiger charge is -2.07. The van der Waals surface area contributed by atoms with Gasteiger partial charge in [0.2, 0.25) is 0 Å². The first-order valence-corrected chi connectivity index (χ1v) is 9.71. The Hall–Kier alpha value is -2.53. The molecule has 0 aliphatic heterocycles. The predicted octanol–water partition coefficient (Wildman–Crippen LogP) is 4.30. The molecule has 2 aromatic carbocycles. The summed E-state index contributed by atoms with van der Waals surface area (Å²) in [5.41, 5.74) is 3.19. The first-order valence-electron chi connectivity index (χ1n) is 8.73. The number of nitrogens with one attached hydrogen (secondary N) is 1. The third-order valence-electron chi connectivity index (χ3n) is 4.08. The number of hydrogen-bond donors (Lipinski definition) is 1. The van der Waals surface area contributed by atoms with Gasteiger partial charge < -0.3 is 9.88 Å². The molecule has 0 spiro atoms. The molecule has 1 N–H and O–H groups in total. The van der Waals surface area contributed by atoms with Crippen molar-refractivity contribution in [2.24, 2.45) is 0 Å². The highest BCUT2D eigenvalue weighted by molar-refractivity contribution is 7.98. The average Bonchev–Trinajstić information content (AvgIpc) is 3.18. The molecule has 134 valence electrons. The topological polar surface area (TPSA) is 46.9 Å². The second-order valence-electron chi connectivity index (χ2n) is 6.21. The Morgan fingerprint density at radius 1 is 1.12 bits per heavy atom. The van der Waals surface area contributed by atoms with E-state index in [9.17, 15) is 4.79 Å². The van der Waals surface area contributed by atoms with Crippen molar-refractivity contribution in [3.63, 3.8) is 0 Å². The van der Waals surface area contributed by atoms with Crippen LogP contribution in [0.3, 0.4) is 0 Å². The lowest BCUT2D eigenvalue weighted by molar-refractivity contribution is 0.0952. The number of amides is 1. The van der Waals surface area contributed by atoms with E-state index in [1.54, 1.807) is 24.3 Å². The highest BCUT2D eigenvalue weighted by Crippen LogP contribution is 2.23. The van der Waals surface area contributed by atoms with E-state index in [1.807, 2.05) is 35.0 Å². The molecule has 3 rings (SSSR count). The molecule has 0 unspecified atom stereocenters. The van der Waals surface area contributed by atoms with Crippen LogP contribution in [0.15, 0.2) is 72.1 Å². The quantitative estimate of drug-likeness (QED) is 0.478. The van der Waals surface area contributed by atoms with Gasteiger partial charge in [0, 0.05) is 41.7 Å². The standard InChI is InChI=1S/C21H23N3OS/c1-17-3-9-20(10-4-17)26-15-18-5-7-19(8-6-18)21(25)23-11-2-13-24-14-12-22-16-24/h3-10,12,14,16H,2,11,13,15H2,1H3,(H,23,25). The molecule has 26 heavy (non-hydrogen) atoms. The van der Waals surface area contributed by atoms with Crippen LogP contribution in [-0.2, 0) is 12.3 Å². The minimum Gasteiger partial charge on any atom is -0.352 e. The summed E-state index contributed by atoms with van der Waals surface area (Å²) in [5, 5.41) is 2.97. The van der Waals surface area contributed by atoms with Gasteiger partial charge in [-0.05, 0) is 43.2 Å². The van der Waals surface area contributed by atoms with Gasteiger partial charge >= 0.3 is 0 Å². The zero-order valence-electron chi connectivity index (χ0n) is 14.9. The molecule has 3 aromatic rings. The predicted molar refractivity (Wildman–Crippen MR) is 106 cm³/mol. The molecule has 0 aliphatic rings. The Labute approximate surface area is 158 Å². The Balaban J connectivity index is 1.42. The van der Waals surface area contributed by atoms with E-state index in [0.717, 1.165) is 18.7 Å². The monoisotopic (exact) mass is 365 g/mol.